The molecule has 0 saturated heterocycles. The summed E-state index contributed by atoms with van der Waals surface area (Å²) in [7, 11) is 0. The summed E-state index contributed by atoms with van der Waals surface area (Å²) in [5, 5.41) is 11.1. The summed E-state index contributed by atoms with van der Waals surface area (Å²) in [4.78, 5) is 11.7. The Morgan fingerprint density at radius 1 is 1.39 bits per heavy atom. The van der Waals surface area contributed by atoms with Gasteiger partial charge in [0.2, 0.25) is 5.88 Å². The van der Waals surface area contributed by atoms with E-state index in [9.17, 15) is 9.90 Å². The molecule has 0 amide bonds. The van der Waals surface area contributed by atoms with Crippen molar-refractivity contribution in [3.8, 4) is 5.88 Å². The second kappa shape index (κ2) is 4.84. The molecule has 2 aromatic rings. The number of aryl methyl sites for hydroxylation is 2. The number of unbranched alkanes of at least 4 members (excludes halogenated alkanes) is 1. The lowest BCUT2D eigenvalue weighted by molar-refractivity contribution is 0.101. The topological polar surface area (TPSA) is 42.2 Å². The Hall–Kier alpha value is -1.77. The maximum atomic E-state index is 11.7. The number of carbonyl (C=O) groups is 1. The molecule has 0 fully saturated rings. The van der Waals surface area contributed by atoms with E-state index in [1.54, 1.807) is 0 Å². The van der Waals surface area contributed by atoms with Crippen molar-refractivity contribution in [2.24, 2.45) is 0 Å². The number of nitrogens with zero attached hydrogens (tertiary/aromatic N) is 1. The fraction of sp³-hybridized carbons (Fsp3) is 0.400. The quantitative estimate of drug-likeness (QED) is 0.835. The minimum atomic E-state index is -0.0849. The van der Waals surface area contributed by atoms with Crippen molar-refractivity contribution in [1.82, 2.24) is 4.57 Å². The van der Waals surface area contributed by atoms with E-state index >= 15 is 0 Å². The van der Waals surface area contributed by atoms with E-state index in [0.717, 1.165) is 35.9 Å². The number of hydrogen-bond acceptors (Lipinski definition) is 2. The molecule has 0 aliphatic heterocycles. The molecule has 1 aromatic carbocycles. The van der Waals surface area contributed by atoms with Crippen LogP contribution in [0.2, 0.25) is 0 Å². The Kier molecular flexibility index (Phi) is 3.41. The van der Waals surface area contributed by atoms with Crippen LogP contribution < -0.4 is 0 Å². The van der Waals surface area contributed by atoms with E-state index in [4.69, 9.17) is 0 Å². The lowest BCUT2D eigenvalue weighted by Crippen LogP contribution is -1.97. The molecule has 0 atom stereocenters. The van der Waals surface area contributed by atoms with Gasteiger partial charge in [0.05, 0.1) is 11.1 Å². The largest absolute Gasteiger partial charge is 0.494 e. The van der Waals surface area contributed by atoms with Crippen LogP contribution in [0.1, 0.15) is 42.6 Å². The molecule has 1 heterocycles. The van der Waals surface area contributed by atoms with Crippen LogP contribution in [-0.2, 0) is 6.54 Å². The minimum Gasteiger partial charge on any atom is -0.494 e. The average molecular weight is 245 g/mol. The molecule has 1 aromatic heterocycles. The Morgan fingerprint density at radius 2 is 2.11 bits per heavy atom. The van der Waals surface area contributed by atoms with Crippen molar-refractivity contribution in [3.63, 3.8) is 0 Å². The van der Waals surface area contributed by atoms with Crippen LogP contribution in [0.15, 0.2) is 18.2 Å². The summed E-state index contributed by atoms with van der Waals surface area (Å²) < 4.78 is 1.84. The molecule has 0 aliphatic carbocycles. The Morgan fingerprint density at radius 3 is 2.72 bits per heavy atom. The lowest BCUT2D eigenvalue weighted by Gasteiger charge is -2.05. The van der Waals surface area contributed by atoms with Gasteiger partial charge in [-0.1, -0.05) is 25.0 Å². The first-order chi connectivity index (χ1) is 8.56. The van der Waals surface area contributed by atoms with Gasteiger partial charge >= 0.3 is 0 Å². The van der Waals surface area contributed by atoms with E-state index < -0.39 is 0 Å². The first-order valence-electron chi connectivity index (χ1n) is 6.39. The zero-order chi connectivity index (χ0) is 13.3. The molecule has 0 aliphatic rings. The van der Waals surface area contributed by atoms with Gasteiger partial charge in [-0.15, -0.1) is 0 Å². The Labute approximate surface area is 107 Å². The van der Waals surface area contributed by atoms with Crippen molar-refractivity contribution in [2.75, 3.05) is 0 Å². The van der Waals surface area contributed by atoms with Crippen LogP contribution in [-0.4, -0.2) is 15.5 Å². The van der Waals surface area contributed by atoms with Gasteiger partial charge in [-0.25, -0.2) is 0 Å². The summed E-state index contributed by atoms with van der Waals surface area (Å²) in [6.07, 6.45) is 2.04. The molecule has 0 unspecified atom stereocenters. The van der Waals surface area contributed by atoms with Crippen LogP contribution in [0.3, 0.4) is 0 Å². The van der Waals surface area contributed by atoms with Gasteiger partial charge in [-0.3, -0.25) is 4.79 Å². The fourth-order valence-electron chi connectivity index (χ4n) is 2.34. The third kappa shape index (κ3) is 2.01. The zero-order valence-corrected chi connectivity index (χ0v) is 11.2. The molecule has 0 radical (unpaired) electrons. The second-order valence-corrected chi connectivity index (χ2v) is 4.78. The SMILES string of the molecule is CCCCn1c(O)c(C(C)=O)c2cc(C)ccc21. The Balaban J connectivity index is 2.70. The summed E-state index contributed by atoms with van der Waals surface area (Å²) in [5.74, 6) is 0.0231. The van der Waals surface area contributed by atoms with Crippen molar-refractivity contribution < 1.29 is 9.90 Å². The number of aromatic hydroxyl groups is 1. The lowest BCUT2D eigenvalue weighted by atomic mass is 10.1. The highest BCUT2D eigenvalue weighted by Crippen LogP contribution is 2.32. The van der Waals surface area contributed by atoms with Crippen molar-refractivity contribution >= 4 is 16.7 Å². The maximum absolute atomic E-state index is 11.7. The molecule has 0 bridgehead atoms. The molecule has 1 N–H and O–H groups in total. The molecule has 3 heteroatoms. The summed E-state index contributed by atoms with van der Waals surface area (Å²) in [5.41, 5.74) is 2.49. The van der Waals surface area contributed by atoms with Crippen LogP contribution in [0.5, 0.6) is 5.88 Å². The number of Topliss-reactive ketones (excluding diaryl/α,β-unsaturated/α-hetero) is 1. The predicted molar refractivity (Wildman–Crippen MR) is 73.3 cm³/mol. The smallest absolute Gasteiger partial charge is 0.203 e. The van der Waals surface area contributed by atoms with Gasteiger partial charge in [0.15, 0.2) is 5.78 Å². The third-order valence-corrected chi connectivity index (χ3v) is 3.28. The van der Waals surface area contributed by atoms with Crippen molar-refractivity contribution in [2.45, 2.75) is 40.2 Å². The van der Waals surface area contributed by atoms with Crippen LogP contribution in [0, 0.1) is 6.92 Å². The number of benzene rings is 1. The highest BCUT2D eigenvalue weighted by atomic mass is 16.3. The van der Waals surface area contributed by atoms with Crippen LogP contribution in [0.25, 0.3) is 10.9 Å². The van der Waals surface area contributed by atoms with Crippen molar-refractivity contribution in [1.29, 1.82) is 0 Å². The van der Waals surface area contributed by atoms with Gasteiger partial charge in [-0.05, 0) is 32.4 Å². The number of carbonyl (C=O) groups excluding carboxylic acids is 1. The van der Waals surface area contributed by atoms with Crippen molar-refractivity contribution in [3.05, 3.63) is 29.3 Å². The van der Waals surface area contributed by atoms with Gasteiger partial charge < -0.3 is 9.67 Å². The monoisotopic (exact) mass is 245 g/mol. The summed E-state index contributed by atoms with van der Waals surface area (Å²) in [6.45, 7) is 6.35. The molecule has 0 spiro atoms. The van der Waals surface area contributed by atoms with Crippen LogP contribution in [0.4, 0.5) is 0 Å². The number of fused-ring (bicyclic) bond motifs is 1. The molecule has 96 valence electrons. The fourth-order valence-corrected chi connectivity index (χ4v) is 2.34. The van der Waals surface area contributed by atoms with E-state index in [2.05, 4.69) is 6.92 Å². The molecular formula is C15H19NO2. The molecule has 18 heavy (non-hydrogen) atoms. The second-order valence-electron chi connectivity index (χ2n) is 4.78. The number of hydrogen-bond donors (Lipinski definition) is 1. The van der Waals surface area contributed by atoms with E-state index in [-0.39, 0.29) is 11.7 Å². The average Bonchev–Trinajstić information content (AvgIpc) is 2.58. The first kappa shape index (κ1) is 12.7. The number of aromatic nitrogens is 1. The number of ketones is 1. The maximum Gasteiger partial charge on any atom is 0.203 e. The summed E-state index contributed by atoms with van der Waals surface area (Å²) >= 11 is 0. The molecular weight excluding hydrogens is 226 g/mol. The van der Waals surface area contributed by atoms with Crippen LogP contribution >= 0.6 is 0 Å². The number of rotatable bonds is 4. The molecule has 0 saturated carbocycles. The van der Waals surface area contributed by atoms with Gasteiger partial charge in [0.1, 0.15) is 0 Å². The molecule has 3 nitrogen and oxygen atoms in total. The highest BCUT2D eigenvalue weighted by Gasteiger charge is 2.19. The normalized spacial score (nSPS) is 11.1. The third-order valence-electron chi connectivity index (χ3n) is 3.28. The standard InChI is InChI=1S/C15H19NO2/c1-4-5-8-16-13-7-6-10(2)9-12(13)14(11(3)17)15(16)18/h6-7,9,18H,4-5,8H2,1-3H3. The zero-order valence-electron chi connectivity index (χ0n) is 11.2. The van der Waals surface area contributed by atoms with E-state index in [1.165, 1.54) is 6.92 Å². The minimum absolute atomic E-state index is 0.0849. The van der Waals surface area contributed by atoms with E-state index in [1.807, 2.05) is 29.7 Å². The summed E-state index contributed by atoms with van der Waals surface area (Å²) in [6, 6.07) is 5.95. The first-order valence-corrected chi connectivity index (χ1v) is 6.39. The van der Waals surface area contributed by atoms with Gasteiger partial charge in [0, 0.05) is 11.9 Å². The van der Waals surface area contributed by atoms with Gasteiger partial charge in [-0.2, -0.15) is 0 Å². The van der Waals surface area contributed by atoms with Gasteiger partial charge in [0.25, 0.3) is 0 Å². The van der Waals surface area contributed by atoms with E-state index in [0.29, 0.717) is 5.56 Å². The molecule has 2 rings (SSSR count). The Bertz CT molecular complexity index is 596. The predicted octanol–water partition coefficient (Wildman–Crippen LogP) is 3.66. The highest BCUT2D eigenvalue weighted by molar-refractivity contribution is 6.09.